The zero-order valence-electron chi connectivity index (χ0n) is 9.75. The van der Waals surface area contributed by atoms with E-state index in [9.17, 15) is 9.90 Å². The van der Waals surface area contributed by atoms with E-state index in [2.05, 4.69) is 37.2 Å². The number of benzene rings is 2. The number of rotatable bonds is 2. The Hall–Kier alpha value is -0.750. The molecular weight excluding hydrogens is 433 g/mol. The Morgan fingerprint density at radius 2 is 1.70 bits per heavy atom. The highest BCUT2D eigenvalue weighted by atomic mass is 79.9. The second kappa shape index (κ2) is 6.35. The highest BCUT2D eigenvalue weighted by molar-refractivity contribution is 9.11. The molecule has 0 aliphatic carbocycles. The molecule has 2 rings (SSSR count). The third-order valence-electron chi connectivity index (χ3n) is 2.45. The van der Waals surface area contributed by atoms with Crippen molar-refractivity contribution in [2.75, 3.05) is 5.32 Å². The zero-order valence-corrected chi connectivity index (χ0v) is 14.4. The molecule has 1 amide bonds. The average Bonchev–Trinajstić information content (AvgIpc) is 2.38. The van der Waals surface area contributed by atoms with Gasteiger partial charge in [-0.3, -0.25) is 4.79 Å². The Morgan fingerprint density at radius 3 is 2.30 bits per heavy atom. The number of nitrogens with one attached hydrogen (secondary N) is 1. The summed E-state index contributed by atoms with van der Waals surface area (Å²) in [7, 11) is 0. The van der Waals surface area contributed by atoms with Gasteiger partial charge in [-0.25, -0.2) is 0 Å². The van der Waals surface area contributed by atoms with Gasteiger partial charge in [0.1, 0.15) is 5.75 Å². The molecule has 0 bridgehead atoms. The molecule has 2 N–H and O–H groups in total. The van der Waals surface area contributed by atoms with Crippen molar-refractivity contribution < 1.29 is 9.90 Å². The molecule has 2 aromatic carbocycles. The fourth-order valence-electron chi connectivity index (χ4n) is 1.51. The third kappa shape index (κ3) is 3.47. The lowest BCUT2D eigenvalue weighted by molar-refractivity contribution is 0.102. The summed E-state index contributed by atoms with van der Waals surface area (Å²) in [6, 6.07) is 7.81. The smallest absolute Gasteiger partial charge is 0.257 e. The number of amides is 1. The molecule has 20 heavy (non-hydrogen) atoms. The van der Waals surface area contributed by atoms with Gasteiger partial charge in [0.25, 0.3) is 5.91 Å². The molecule has 7 heteroatoms. The van der Waals surface area contributed by atoms with Crippen molar-refractivity contribution in [1.29, 1.82) is 0 Å². The summed E-state index contributed by atoms with van der Waals surface area (Å²) >= 11 is 18.2. The summed E-state index contributed by atoms with van der Waals surface area (Å²) in [5, 5.41) is 13.0. The zero-order chi connectivity index (χ0) is 14.9. The monoisotopic (exact) mass is 437 g/mol. The topological polar surface area (TPSA) is 49.3 Å². The molecule has 0 spiro atoms. The number of halogens is 4. The standard InChI is InChI=1S/C13H7Br2Cl2NO2/c14-9-4-7(5-10(15)12(9)19)18-13(20)8-3-6(16)1-2-11(8)17/h1-5,19H,(H,18,20). The maximum absolute atomic E-state index is 12.1. The Labute approximate surface area is 142 Å². The lowest BCUT2D eigenvalue weighted by atomic mass is 10.2. The van der Waals surface area contributed by atoms with Gasteiger partial charge in [-0.15, -0.1) is 0 Å². The van der Waals surface area contributed by atoms with Gasteiger partial charge in [0, 0.05) is 10.7 Å². The van der Waals surface area contributed by atoms with Crippen LogP contribution in [0.1, 0.15) is 10.4 Å². The highest BCUT2D eigenvalue weighted by Crippen LogP contribution is 2.35. The Balaban J connectivity index is 2.30. The van der Waals surface area contributed by atoms with E-state index in [0.29, 0.717) is 24.7 Å². The number of carbonyl (C=O) groups excluding carboxylic acids is 1. The van der Waals surface area contributed by atoms with Crippen LogP contribution in [0, 0.1) is 0 Å². The van der Waals surface area contributed by atoms with Crippen LogP contribution in [-0.2, 0) is 0 Å². The number of hydrogen-bond donors (Lipinski definition) is 2. The molecule has 0 aliphatic rings. The molecule has 104 valence electrons. The largest absolute Gasteiger partial charge is 0.506 e. The summed E-state index contributed by atoms with van der Waals surface area (Å²) < 4.78 is 0.915. The van der Waals surface area contributed by atoms with E-state index >= 15 is 0 Å². The van der Waals surface area contributed by atoms with E-state index in [4.69, 9.17) is 23.2 Å². The molecule has 0 atom stereocenters. The number of phenols is 1. The van der Waals surface area contributed by atoms with Gasteiger partial charge in [-0.2, -0.15) is 0 Å². The molecule has 3 nitrogen and oxygen atoms in total. The van der Waals surface area contributed by atoms with Gasteiger partial charge in [0.2, 0.25) is 0 Å². The van der Waals surface area contributed by atoms with Crippen LogP contribution in [0.15, 0.2) is 39.3 Å². The predicted octanol–water partition coefficient (Wildman–Crippen LogP) is 5.48. The van der Waals surface area contributed by atoms with Crippen LogP contribution in [0.5, 0.6) is 5.75 Å². The maximum atomic E-state index is 12.1. The fraction of sp³-hybridized carbons (Fsp3) is 0. The summed E-state index contributed by atoms with van der Waals surface area (Å²) in [5.41, 5.74) is 0.780. The van der Waals surface area contributed by atoms with Gasteiger partial charge in [-0.05, 0) is 62.2 Å². The third-order valence-corrected chi connectivity index (χ3v) is 4.22. The van der Waals surface area contributed by atoms with E-state index in [0.717, 1.165) is 0 Å². The van der Waals surface area contributed by atoms with Gasteiger partial charge in [-0.1, -0.05) is 23.2 Å². The van der Waals surface area contributed by atoms with Gasteiger partial charge >= 0.3 is 0 Å². The number of hydrogen-bond acceptors (Lipinski definition) is 2. The minimum absolute atomic E-state index is 0.0591. The highest BCUT2D eigenvalue weighted by Gasteiger charge is 2.13. The van der Waals surface area contributed by atoms with Crippen LogP contribution in [0.25, 0.3) is 0 Å². The van der Waals surface area contributed by atoms with E-state index < -0.39 is 0 Å². The summed E-state index contributed by atoms with van der Waals surface area (Å²) in [5.74, 6) is -0.328. The first-order valence-corrected chi connectivity index (χ1v) is 7.67. The molecular formula is C13H7Br2Cl2NO2. The Morgan fingerprint density at radius 1 is 1.10 bits per heavy atom. The molecule has 0 fully saturated rings. The van der Waals surface area contributed by atoms with E-state index in [1.165, 1.54) is 6.07 Å². The van der Waals surface area contributed by atoms with Crippen LogP contribution in [-0.4, -0.2) is 11.0 Å². The fourth-order valence-corrected chi connectivity index (χ4v) is 3.07. The first kappa shape index (κ1) is 15.6. The molecule has 0 radical (unpaired) electrons. The van der Waals surface area contributed by atoms with Crippen molar-refractivity contribution in [1.82, 2.24) is 0 Å². The van der Waals surface area contributed by atoms with Gasteiger partial charge in [0.15, 0.2) is 0 Å². The minimum Gasteiger partial charge on any atom is -0.506 e. The number of anilines is 1. The summed E-state index contributed by atoms with van der Waals surface area (Å²) in [4.78, 5) is 12.1. The average molecular weight is 440 g/mol. The Kier molecular flexibility index (Phi) is 4.96. The maximum Gasteiger partial charge on any atom is 0.257 e. The van der Waals surface area contributed by atoms with Crippen molar-refractivity contribution in [2.45, 2.75) is 0 Å². The molecule has 0 aliphatic heterocycles. The summed E-state index contributed by atoms with van der Waals surface area (Å²) in [6.07, 6.45) is 0. The van der Waals surface area contributed by atoms with Gasteiger partial charge in [0.05, 0.1) is 19.5 Å². The van der Waals surface area contributed by atoms with Crippen molar-refractivity contribution >= 4 is 66.7 Å². The molecule has 0 saturated carbocycles. The van der Waals surface area contributed by atoms with Crippen molar-refractivity contribution in [3.05, 3.63) is 54.9 Å². The van der Waals surface area contributed by atoms with Crippen LogP contribution >= 0.6 is 55.1 Å². The quantitative estimate of drug-likeness (QED) is 0.609. The van der Waals surface area contributed by atoms with E-state index in [-0.39, 0.29) is 17.2 Å². The van der Waals surface area contributed by atoms with Gasteiger partial charge < -0.3 is 10.4 Å². The van der Waals surface area contributed by atoms with Crippen LogP contribution < -0.4 is 5.32 Å². The number of carbonyl (C=O) groups is 1. The van der Waals surface area contributed by atoms with E-state index in [1.807, 2.05) is 0 Å². The SMILES string of the molecule is O=C(Nc1cc(Br)c(O)c(Br)c1)c1cc(Cl)ccc1Cl. The first-order valence-electron chi connectivity index (χ1n) is 5.33. The lowest BCUT2D eigenvalue weighted by Crippen LogP contribution is -2.12. The second-order valence-electron chi connectivity index (χ2n) is 3.87. The molecule has 0 aromatic heterocycles. The van der Waals surface area contributed by atoms with Crippen LogP contribution in [0.4, 0.5) is 5.69 Å². The van der Waals surface area contributed by atoms with Crippen molar-refractivity contribution in [3.8, 4) is 5.75 Å². The summed E-state index contributed by atoms with van der Waals surface area (Å²) in [6.45, 7) is 0. The van der Waals surface area contributed by atoms with Crippen LogP contribution in [0.2, 0.25) is 10.0 Å². The second-order valence-corrected chi connectivity index (χ2v) is 6.42. The lowest BCUT2D eigenvalue weighted by Gasteiger charge is -2.09. The number of phenolic OH excluding ortho intramolecular Hbond substituents is 1. The van der Waals surface area contributed by atoms with Crippen molar-refractivity contribution in [2.24, 2.45) is 0 Å². The Bertz CT molecular complexity index is 669. The molecule has 0 saturated heterocycles. The number of aromatic hydroxyl groups is 1. The van der Waals surface area contributed by atoms with Crippen molar-refractivity contribution in [3.63, 3.8) is 0 Å². The normalized spacial score (nSPS) is 10.4. The predicted molar refractivity (Wildman–Crippen MR) is 87.9 cm³/mol. The molecule has 0 unspecified atom stereocenters. The minimum atomic E-state index is -0.387. The first-order chi connectivity index (χ1) is 9.38. The van der Waals surface area contributed by atoms with E-state index in [1.54, 1.807) is 24.3 Å². The molecule has 2 aromatic rings. The molecule has 0 heterocycles. The van der Waals surface area contributed by atoms with Crippen LogP contribution in [0.3, 0.4) is 0 Å².